The average Bonchev–Trinajstić information content (AvgIpc) is 2.61. The van der Waals surface area contributed by atoms with Crippen LogP contribution < -0.4 is 10.9 Å². The summed E-state index contributed by atoms with van der Waals surface area (Å²) in [5.41, 5.74) is 1.62. The number of hydrogen-bond donors (Lipinski definition) is 1. The predicted molar refractivity (Wildman–Crippen MR) is 98.3 cm³/mol. The van der Waals surface area contributed by atoms with Crippen molar-refractivity contribution in [2.45, 2.75) is 25.8 Å². The normalized spacial score (nSPS) is 13.5. The lowest BCUT2D eigenvalue weighted by atomic mass is 10.1. The molecule has 0 unspecified atom stereocenters. The SMILES string of the molecule is O=C(Nc1cccc(Cl)c1)c1ccc2c(=O)n3c(nc2c1)CCCC3. The smallest absolute Gasteiger partial charge is 0.261 e. The van der Waals surface area contributed by atoms with Gasteiger partial charge in [0.1, 0.15) is 5.82 Å². The van der Waals surface area contributed by atoms with E-state index in [1.165, 1.54) is 0 Å². The lowest BCUT2D eigenvalue weighted by molar-refractivity contribution is 0.102. The summed E-state index contributed by atoms with van der Waals surface area (Å²) in [4.78, 5) is 29.7. The van der Waals surface area contributed by atoms with Gasteiger partial charge in [0.25, 0.3) is 11.5 Å². The molecule has 0 atom stereocenters. The van der Waals surface area contributed by atoms with Crippen LogP contribution in [0.25, 0.3) is 10.9 Å². The van der Waals surface area contributed by atoms with Crippen LogP contribution in [-0.4, -0.2) is 15.5 Å². The molecule has 1 N–H and O–H groups in total. The van der Waals surface area contributed by atoms with Crippen LogP contribution in [0.15, 0.2) is 47.3 Å². The van der Waals surface area contributed by atoms with Crippen LogP contribution in [0.4, 0.5) is 5.69 Å². The molecule has 4 rings (SSSR count). The number of nitrogens with zero attached hydrogens (tertiary/aromatic N) is 2. The van der Waals surface area contributed by atoms with E-state index in [9.17, 15) is 9.59 Å². The zero-order chi connectivity index (χ0) is 17.4. The Hall–Kier alpha value is -2.66. The van der Waals surface area contributed by atoms with E-state index in [-0.39, 0.29) is 11.5 Å². The molecule has 0 aliphatic carbocycles. The van der Waals surface area contributed by atoms with Gasteiger partial charge in [-0.25, -0.2) is 4.98 Å². The van der Waals surface area contributed by atoms with Crippen molar-refractivity contribution >= 4 is 34.1 Å². The van der Waals surface area contributed by atoms with E-state index in [0.29, 0.717) is 33.7 Å². The maximum absolute atomic E-state index is 12.6. The number of halogens is 1. The molecule has 126 valence electrons. The van der Waals surface area contributed by atoms with Crippen molar-refractivity contribution in [1.29, 1.82) is 0 Å². The standard InChI is InChI=1S/C19H16ClN3O2/c20-13-4-3-5-14(11-13)21-18(24)12-7-8-15-16(10-12)22-17-6-1-2-9-23(17)19(15)25/h3-5,7-8,10-11H,1-2,6,9H2,(H,21,24). The maximum Gasteiger partial charge on any atom is 0.261 e. The zero-order valence-corrected chi connectivity index (χ0v) is 14.2. The number of fused-ring (bicyclic) bond motifs is 2. The number of amides is 1. The number of carbonyl (C=O) groups is 1. The Labute approximate surface area is 149 Å². The first-order valence-corrected chi connectivity index (χ1v) is 8.60. The fourth-order valence-electron chi connectivity index (χ4n) is 3.15. The Balaban J connectivity index is 1.71. The molecule has 0 bridgehead atoms. The molecule has 6 heteroatoms. The van der Waals surface area contributed by atoms with Gasteiger partial charge in [-0.1, -0.05) is 17.7 Å². The molecule has 3 aromatic rings. The van der Waals surface area contributed by atoms with Gasteiger partial charge in [0, 0.05) is 29.2 Å². The number of carbonyl (C=O) groups excluding carboxylic acids is 1. The van der Waals surface area contributed by atoms with Crippen molar-refractivity contribution in [3.63, 3.8) is 0 Å². The lowest BCUT2D eigenvalue weighted by Crippen LogP contribution is -2.28. The van der Waals surface area contributed by atoms with Crippen molar-refractivity contribution < 1.29 is 4.79 Å². The number of nitrogens with one attached hydrogen (secondary N) is 1. The van der Waals surface area contributed by atoms with Crippen LogP contribution in [0.5, 0.6) is 0 Å². The van der Waals surface area contributed by atoms with E-state index < -0.39 is 0 Å². The summed E-state index contributed by atoms with van der Waals surface area (Å²) < 4.78 is 1.75. The fourth-order valence-corrected chi connectivity index (χ4v) is 3.34. The molecule has 1 aromatic heterocycles. The monoisotopic (exact) mass is 353 g/mol. The highest BCUT2D eigenvalue weighted by Gasteiger charge is 2.16. The van der Waals surface area contributed by atoms with Crippen LogP contribution in [0.3, 0.4) is 0 Å². The highest BCUT2D eigenvalue weighted by molar-refractivity contribution is 6.31. The molecule has 1 amide bonds. The Morgan fingerprint density at radius 3 is 2.88 bits per heavy atom. The van der Waals surface area contributed by atoms with Gasteiger partial charge >= 0.3 is 0 Å². The molecule has 5 nitrogen and oxygen atoms in total. The van der Waals surface area contributed by atoms with Gasteiger partial charge in [-0.2, -0.15) is 0 Å². The summed E-state index contributed by atoms with van der Waals surface area (Å²) >= 11 is 5.94. The lowest BCUT2D eigenvalue weighted by Gasteiger charge is -2.17. The van der Waals surface area contributed by atoms with E-state index >= 15 is 0 Å². The first-order chi connectivity index (χ1) is 12.1. The van der Waals surface area contributed by atoms with Crippen LogP contribution in [-0.2, 0) is 13.0 Å². The topological polar surface area (TPSA) is 64.0 Å². The number of aromatic nitrogens is 2. The van der Waals surface area contributed by atoms with E-state index in [1.807, 2.05) is 0 Å². The number of hydrogen-bond acceptors (Lipinski definition) is 3. The Bertz CT molecular complexity index is 1040. The molecule has 0 fully saturated rings. The summed E-state index contributed by atoms with van der Waals surface area (Å²) in [6.45, 7) is 0.716. The first-order valence-electron chi connectivity index (χ1n) is 8.22. The quantitative estimate of drug-likeness (QED) is 0.765. The number of aryl methyl sites for hydroxylation is 1. The largest absolute Gasteiger partial charge is 0.322 e. The van der Waals surface area contributed by atoms with E-state index in [1.54, 1.807) is 47.0 Å². The molecule has 1 aliphatic heterocycles. The molecule has 0 spiro atoms. The molecule has 2 heterocycles. The summed E-state index contributed by atoms with van der Waals surface area (Å²) in [6, 6.07) is 12.0. The van der Waals surface area contributed by atoms with Gasteiger partial charge in [-0.15, -0.1) is 0 Å². The minimum absolute atomic E-state index is 0.0264. The molecule has 25 heavy (non-hydrogen) atoms. The zero-order valence-electron chi connectivity index (χ0n) is 13.5. The highest BCUT2D eigenvalue weighted by atomic mass is 35.5. The van der Waals surface area contributed by atoms with Crippen molar-refractivity contribution in [1.82, 2.24) is 9.55 Å². The third-order valence-electron chi connectivity index (χ3n) is 4.41. The predicted octanol–water partition coefficient (Wildman–Crippen LogP) is 3.64. The van der Waals surface area contributed by atoms with Crippen molar-refractivity contribution in [3.05, 3.63) is 69.2 Å². The second-order valence-electron chi connectivity index (χ2n) is 6.14. The number of benzene rings is 2. The number of anilines is 1. The minimum Gasteiger partial charge on any atom is -0.322 e. The van der Waals surface area contributed by atoms with Crippen molar-refractivity contribution in [2.75, 3.05) is 5.32 Å². The van der Waals surface area contributed by atoms with Gasteiger partial charge in [0.15, 0.2) is 0 Å². The van der Waals surface area contributed by atoms with Crippen molar-refractivity contribution in [3.8, 4) is 0 Å². The molecule has 0 saturated carbocycles. The Kier molecular flexibility index (Phi) is 4.01. The fraction of sp³-hybridized carbons (Fsp3) is 0.211. The number of rotatable bonds is 2. The molecular formula is C19H16ClN3O2. The van der Waals surface area contributed by atoms with Gasteiger partial charge < -0.3 is 5.32 Å². The summed E-state index contributed by atoms with van der Waals surface area (Å²) in [5.74, 6) is 0.542. The van der Waals surface area contributed by atoms with Gasteiger partial charge in [-0.05, 0) is 49.2 Å². The molecule has 0 radical (unpaired) electrons. The third-order valence-corrected chi connectivity index (χ3v) is 4.65. The molecule has 2 aromatic carbocycles. The van der Waals surface area contributed by atoms with Gasteiger partial charge in [-0.3, -0.25) is 14.2 Å². The van der Waals surface area contributed by atoms with Crippen LogP contribution in [0, 0.1) is 0 Å². The van der Waals surface area contributed by atoms with Crippen LogP contribution in [0.1, 0.15) is 29.0 Å². The minimum atomic E-state index is -0.260. The summed E-state index contributed by atoms with van der Waals surface area (Å²) in [6.07, 6.45) is 2.83. The Morgan fingerprint density at radius 1 is 1.16 bits per heavy atom. The van der Waals surface area contributed by atoms with Crippen LogP contribution >= 0.6 is 11.6 Å². The van der Waals surface area contributed by atoms with Crippen LogP contribution in [0.2, 0.25) is 5.02 Å². The van der Waals surface area contributed by atoms with E-state index in [2.05, 4.69) is 10.3 Å². The Morgan fingerprint density at radius 2 is 2.04 bits per heavy atom. The average molecular weight is 354 g/mol. The van der Waals surface area contributed by atoms with Gasteiger partial charge in [0.05, 0.1) is 10.9 Å². The highest BCUT2D eigenvalue weighted by Crippen LogP contribution is 2.19. The van der Waals surface area contributed by atoms with Gasteiger partial charge in [0.2, 0.25) is 0 Å². The third kappa shape index (κ3) is 3.03. The van der Waals surface area contributed by atoms with Crippen molar-refractivity contribution in [2.24, 2.45) is 0 Å². The molecule has 1 aliphatic rings. The first kappa shape index (κ1) is 15.8. The molecular weight excluding hydrogens is 338 g/mol. The molecule has 0 saturated heterocycles. The second-order valence-corrected chi connectivity index (χ2v) is 6.57. The van der Waals surface area contributed by atoms with E-state index in [0.717, 1.165) is 25.1 Å². The van der Waals surface area contributed by atoms with E-state index in [4.69, 9.17) is 11.6 Å². The summed E-state index contributed by atoms with van der Waals surface area (Å²) in [5, 5.41) is 3.91. The maximum atomic E-state index is 12.6. The second kappa shape index (κ2) is 6.33. The summed E-state index contributed by atoms with van der Waals surface area (Å²) in [7, 11) is 0.